The van der Waals surface area contributed by atoms with E-state index in [0.717, 1.165) is 0 Å². The number of benzene rings is 6. The number of rotatable bonds is 4. The van der Waals surface area contributed by atoms with Crippen LogP contribution < -0.4 is 10.4 Å². The summed E-state index contributed by atoms with van der Waals surface area (Å²) in [5, 5.41) is 6.50. The molecule has 0 N–H and O–H groups in total. The number of fused-ring (bicyclic) bond motifs is 6. The summed E-state index contributed by atoms with van der Waals surface area (Å²) in [5.41, 5.74) is 14.3. The van der Waals surface area contributed by atoms with Crippen LogP contribution in [0.5, 0.6) is 0 Å². The molecule has 3 aliphatic rings. The maximum absolute atomic E-state index is 3.30. The fourth-order valence-electron chi connectivity index (χ4n) is 9.82. The Labute approximate surface area is 290 Å². The molecule has 0 saturated carbocycles. The predicted octanol–water partition coefficient (Wildman–Crippen LogP) is 10.8. The minimum absolute atomic E-state index is 0.513. The molecular formula is C46H40HfSi. The van der Waals surface area contributed by atoms with E-state index < -0.39 is 28.0 Å². The summed E-state index contributed by atoms with van der Waals surface area (Å²) in [6.45, 7) is 4.53. The van der Waals surface area contributed by atoms with Crippen molar-refractivity contribution in [2.24, 2.45) is 0 Å². The molecule has 1 heterocycles. The van der Waals surface area contributed by atoms with Crippen LogP contribution in [0.2, 0.25) is 9.36 Å². The van der Waals surface area contributed by atoms with Gasteiger partial charge in [0.25, 0.3) is 0 Å². The van der Waals surface area contributed by atoms with E-state index in [9.17, 15) is 0 Å². The summed E-state index contributed by atoms with van der Waals surface area (Å²) in [7, 11) is -2.68. The third-order valence-electron chi connectivity index (χ3n) is 11.8. The van der Waals surface area contributed by atoms with Gasteiger partial charge in [0.2, 0.25) is 0 Å². The molecule has 0 amide bonds. The van der Waals surface area contributed by atoms with Gasteiger partial charge in [-0.05, 0) is 0 Å². The number of allylic oxidation sites excluding steroid dienone is 2. The molecule has 1 saturated heterocycles. The Hall–Kier alpha value is -4.11. The van der Waals surface area contributed by atoms with Crippen molar-refractivity contribution in [2.45, 2.75) is 30.6 Å². The first kappa shape index (κ1) is 30.0. The van der Waals surface area contributed by atoms with Crippen LogP contribution in [0.4, 0.5) is 0 Å². The number of aryl methyl sites for hydroxylation is 2. The molecule has 0 bridgehead atoms. The molecule has 2 aliphatic carbocycles. The van der Waals surface area contributed by atoms with Gasteiger partial charge < -0.3 is 0 Å². The molecule has 9 rings (SSSR count). The van der Waals surface area contributed by atoms with E-state index in [4.69, 9.17) is 0 Å². The summed E-state index contributed by atoms with van der Waals surface area (Å²) in [6.07, 6.45) is 5.44. The van der Waals surface area contributed by atoms with E-state index >= 15 is 0 Å². The van der Waals surface area contributed by atoms with Gasteiger partial charge in [-0.1, -0.05) is 0 Å². The first-order valence-corrected chi connectivity index (χ1v) is 30.7. The molecular weight excluding hydrogens is 759 g/mol. The van der Waals surface area contributed by atoms with Crippen molar-refractivity contribution in [1.29, 1.82) is 0 Å². The van der Waals surface area contributed by atoms with Crippen LogP contribution in [-0.2, 0) is 20.0 Å². The average Bonchev–Trinajstić information content (AvgIpc) is 3.72. The second-order valence-electron chi connectivity index (χ2n) is 14.6. The Kier molecular flexibility index (Phi) is 7.01. The Morgan fingerprint density at radius 1 is 0.417 bits per heavy atom. The van der Waals surface area contributed by atoms with Crippen LogP contribution in [0.15, 0.2) is 156 Å². The van der Waals surface area contributed by atoms with E-state index in [1.807, 2.05) is 0 Å². The molecule has 0 nitrogen and oxygen atoms in total. The number of hydrogen-bond acceptors (Lipinski definition) is 0. The Bertz CT molecular complexity index is 2130. The summed E-state index contributed by atoms with van der Waals surface area (Å²) in [5.74, 6) is 0. The van der Waals surface area contributed by atoms with E-state index in [0.29, 0.717) is 7.35 Å². The van der Waals surface area contributed by atoms with Crippen molar-refractivity contribution < 1.29 is 20.0 Å². The second kappa shape index (κ2) is 11.2. The van der Waals surface area contributed by atoms with Crippen molar-refractivity contribution in [3.8, 4) is 22.3 Å². The molecule has 2 heteroatoms. The minimum atomic E-state index is -3.30. The van der Waals surface area contributed by atoms with Gasteiger partial charge >= 0.3 is 293 Å². The van der Waals surface area contributed by atoms with Crippen LogP contribution in [0.3, 0.4) is 0 Å². The van der Waals surface area contributed by atoms with Gasteiger partial charge in [0, 0.05) is 0 Å². The normalized spacial score (nSPS) is 19.4. The van der Waals surface area contributed by atoms with E-state index in [1.54, 1.807) is 21.5 Å². The summed E-state index contributed by atoms with van der Waals surface area (Å²) in [4.78, 5) is 0. The van der Waals surface area contributed by atoms with Crippen molar-refractivity contribution in [1.82, 2.24) is 0 Å². The molecule has 48 heavy (non-hydrogen) atoms. The van der Waals surface area contributed by atoms with Gasteiger partial charge in [-0.2, -0.15) is 0 Å². The number of hydrogen-bond donors (Lipinski definition) is 0. The van der Waals surface area contributed by atoms with Crippen molar-refractivity contribution in [3.63, 3.8) is 0 Å². The third-order valence-corrected chi connectivity index (χ3v) is 34.0. The first-order valence-electron chi connectivity index (χ1n) is 17.4. The molecule has 2 atom stereocenters. The van der Waals surface area contributed by atoms with Crippen LogP contribution in [0.25, 0.3) is 34.4 Å². The van der Waals surface area contributed by atoms with Crippen LogP contribution in [0.1, 0.15) is 40.7 Å². The molecule has 0 aromatic heterocycles. The molecule has 2 unspecified atom stereocenters. The van der Waals surface area contributed by atoms with Crippen molar-refractivity contribution in [3.05, 3.63) is 189 Å². The molecule has 0 radical (unpaired) electrons. The monoisotopic (exact) mass is 800 g/mol. The van der Waals surface area contributed by atoms with Crippen molar-refractivity contribution in [2.75, 3.05) is 0 Å². The first-order chi connectivity index (χ1) is 23.4. The molecule has 1 fully saturated rings. The SMILES string of the molecule is Cc1ccccc1-c1cccc2c1C=C1[CH]2[Hf]([CH3])([CH3])[CH]2C(=Cc3c(-c4ccccc4C)cccc32)[Si]1(c1ccccc1)c1ccccc1. The topological polar surface area (TPSA) is 0 Å². The van der Waals surface area contributed by atoms with Gasteiger partial charge in [-0.25, -0.2) is 0 Å². The van der Waals surface area contributed by atoms with Gasteiger partial charge in [0.05, 0.1) is 0 Å². The Morgan fingerprint density at radius 3 is 1.21 bits per heavy atom. The van der Waals surface area contributed by atoms with E-state index in [2.05, 4.69) is 181 Å². The standard InChI is InChI=1S/C44H34Si.2CH3.Hf/c1-31-15-9-11-23-39(31)41-25-13-17-33-27-37(29-43(33)41)45(35-19-5-3-6-20-35,36-21-7-4-8-22-36)38-28-34-18-14-26-42(44(34)30-38)40-24-12-10-16-32(40)2;;;/h3-30H,1-2H3;2*1H3;. The zero-order chi connectivity index (χ0) is 32.6. The third kappa shape index (κ3) is 4.15. The Morgan fingerprint density at radius 2 is 0.792 bits per heavy atom. The van der Waals surface area contributed by atoms with E-state index in [-0.39, 0.29) is 0 Å². The fourth-order valence-corrected chi connectivity index (χ4v) is 41.0. The maximum atomic E-state index is 2.78. The van der Waals surface area contributed by atoms with Gasteiger partial charge in [-0.15, -0.1) is 0 Å². The van der Waals surface area contributed by atoms with Crippen molar-refractivity contribution >= 4 is 30.6 Å². The molecule has 232 valence electrons. The quantitative estimate of drug-likeness (QED) is 0.156. The second-order valence-corrected chi connectivity index (χ2v) is 35.7. The average molecular weight is 799 g/mol. The van der Waals surface area contributed by atoms with Gasteiger partial charge in [0.1, 0.15) is 0 Å². The molecule has 0 spiro atoms. The fraction of sp³-hybridized carbons (Fsp3) is 0.130. The predicted molar refractivity (Wildman–Crippen MR) is 204 cm³/mol. The van der Waals surface area contributed by atoms with Gasteiger partial charge in [0.15, 0.2) is 0 Å². The van der Waals surface area contributed by atoms with E-state index in [1.165, 1.54) is 54.9 Å². The van der Waals surface area contributed by atoms with Crippen LogP contribution in [0, 0.1) is 13.8 Å². The molecule has 1 aliphatic heterocycles. The molecule has 6 aromatic rings. The zero-order valence-corrected chi connectivity index (χ0v) is 32.8. The van der Waals surface area contributed by atoms with Crippen LogP contribution >= 0.6 is 0 Å². The summed E-state index contributed by atoms with van der Waals surface area (Å²) >= 11 is -3.30. The Balaban J connectivity index is 1.41. The van der Waals surface area contributed by atoms with Gasteiger partial charge in [-0.3, -0.25) is 0 Å². The molecule has 6 aromatic carbocycles. The summed E-state index contributed by atoms with van der Waals surface area (Å²) < 4.78 is 6.59. The van der Waals surface area contributed by atoms with Crippen LogP contribution in [-0.4, -0.2) is 8.07 Å². The zero-order valence-electron chi connectivity index (χ0n) is 28.2. The summed E-state index contributed by atoms with van der Waals surface area (Å²) in [6, 6.07) is 55.7.